The number of fused-ring (bicyclic) bond motifs is 1. The lowest BCUT2D eigenvalue weighted by Crippen LogP contribution is -2.02. The van der Waals surface area contributed by atoms with Crippen LogP contribution in [-0.2, 0) is 0 Å². The van der Waals surface area contributed by atoms with Crippen molar-refractivity contribution in [3.8, 4) is 16.9 Å². The molecule has 0 radical (unpaired) electrons. The first kappa shape index (κ1) is 19.1. The van der Waals surface area contributed by atoms with Gasteiger partial charge in [-0.1, -0.05) is 67.0 Å². The van der Waals surface area contributed by atoms with Crippen molar-refractivity contribution < 1.29 is 4.42 Å². The zero-order chi connectivity index (χ0) is 19.8. The van der Waals surface area contributed by atoms with Gasteiger partial charge in [-0.3, -0.25) is 4.57 Å². The molecule has 4 rings (SSSR count). The minimum absolute atomic E-state index is 0.299. The van der Waals surface area contributed by atoms with Gasteiger partial charge in [0.25, 0.3) is 0 Å². The number of imidazole rings is 1. The van der Waals surface area contributed by atoms with Crippen LogP contribution in [0.15, 0.2) is 69.1 Å². The number of thioether (sulfide) groups is 1. The van der Waals surface area contributed by atoms with Crippen molar-refractivity contribution in [2.45, 2.75) is 24.3 Å². The number of hydrogen-bond donors (Lipinski definition) is 0. The minimum atomic E-state index is -0.424. The zero-order valence-electron chi connectivity index (χ0n) is 15.1. The fraction of sp³-hybridized carbons (Fsp3) is 0.143. The number of halogens is 2. The van der Waals surface area contributed by atoms with E-state index in [-0.39, 0.29) is 0 Å². The van der Waals surface area contributed by atoms with E-state index in [1.165, 1.54) is 0 Å². The summed E-state index contributed by atoms with van der Waals surface area (Å²) in [5.41, 5.74) is 1.82. The molecule has 0 spiro atoms. The second-order valence-corrected chi connectivity index (χ2v) is 8.91. The predicted molar refractivity (Wildman–Crippen MR) is 116 cm³/mol. The second kappa shape index (κ2) is 7.66. The van der Waals surface area contributed by atoms with E-state index in [2.05, 4.69) is 13.8 Å². The van der Waals surface area contributed by atoms with Gasteiger partial charge in [-0.2, -0.15) is 0 Å². The van der Waals surface area contributed by atoms with Gasteiger partial charge in [-0.15, -0.1) is 0 Å². The molecule has 2 heterocycles. The zero-order valence-corrected chi connectivity index (χ0v) is 17.5. The van der Waals surface area contributed by atoms with Crippen molar-refractivity contribution in [2.75, 3.05) is 0 Å². The van der Waals surface area contributed by atoms with Crippen LogP contribution in [0, 0.1) is 0 Å². The molecule has 0 saturated carbocycles. The molecule has 0 aliphatic rings. The monoisotopic (exact) mass is 430 g/mol. The summed E-state index contributed by atoms with van der Waals surface area (Å²) in [5.74, 6) is 0. The maximum atomic E-state index is 12.6. The predicted octanol–water partition coefficient (Wildman–Crippen LogP) is 6.45. The Hall–Kier alpha value is -2.21. The Morgan fingerprint density at radius 1 is 1.11 bits per heavy atom. The molecular weight excluding hydrogens is 415 g/mol. The van der Waals surface area contributed by atoms with E-state index >= 15 is 0 Å². The number of para-hydroxylation sites is 1. The fourth-order valence-electron chi connectivity index (χ4n) is 2.88. The van der Waals surface area contributed by atoms with Crippen LogP contribution >= 0.6 is 35.0 Å². The van der Waals surface area contributed by atoms with Crippen LogP contribution in [0.3, 0.4) is 0 Å². The maximum absolute atomic E-state index is 12.6. The van der Waals surface area contributed by atoms with E-state index in [0.717, 1.165) is 16.2 Å². The van der Waals surface area contributed by atoms with Crippen molar-refractivity contribution in [3.05, 3.63) is 75.2 Å². The number of rotatable bonds is 4. The summed E-state index contributed by atoms with van der Waals surface area (Å²) < 4.78 is 7.35. The van der Waals surface area contributed by atoms with Gasteiger partial charge in [0.1, 0.15) is 5.58 Å². The highest BCUT2D eigenvalue weighted by atomic mass is 35.5. The van der Waals surface area contributed by atoms with Gasteiger partial charge in [0, 0.05) is 21.9 Å². The molecule has 7 heteroatoms. The Morgan fingerprint density at radius 3 is 2.64 bits per heavy atom. The first-order valence-electron chi connectivity index (χ1n) is 8.67. The molecule has 0 amide bonds. The number of nitrogens with zero attached hydrogens (tertiary/aromatic N) is 2. The average Bonchev–Trinajstić information content (AvgIpc) is 3.03. The lowest BCUT2D eigenvalue weighted by Gasteiger charge is -2.10. The van der Waals surface area contributed by atoms with Gasteiger partial charge in [0.2, 0.25) is 0 Å². The lowest BCUT2D eigenvalue weighted by molar-refractivity contribution is 0.563. The molecule has 0 unspecified atom stereocenters. The van der Waals surface area contributed by atoms with Gasteiger partial charge in [0.05, 0.1) is 22.0 Å². The molecule has 0 N–H and O–H groups in total. The van der Waals surface area contributed by atoms with E-state index < -0.39 is 5.63 Å². The Morgan fingerprint density at radius 2 is 1.89 bits per heavy atom. The molecule has 0 bridgehead atoms. The van der Waals surface area contributed by atoms with E-state index in [1.807, 2.05) is 28.8 Å². The van der Waals surface area contributed by atoms with E-state index in [4.69, 9.17) is 32.6 Å². The molecule has 4 aromatic rings. The summed E-state index contributed by atoms with van der Waals surface area (Å²) in [6.45, 7) is 4.16. The van der Waals surface area contributed by atoms with Crippen molar-refractivity contribution in [3.63, 3.8) is 0 Å². The van der Waals surface area contributed by atoms with Crippen molar-refractivity contribution in [1.29, 1.82) is 0 Å². The Balaban J connectivity index is 1.91. The highest BCUT2D eigenvalue weighted by molar-refractivity contribution is 7.99. The minimum Gasteiger partial charge on any atom is -0.422 e. The van der Waals surface area contributed by atoms with Crippen LogP contribution < -0.4 is 5.63 Å². The van der Waals surface area contributed by atoms with Crippen LogP contribution in [-0.4, -0.2) is 14.8 Å². The maximum Gasteiger partial charge on any atom is 0.345 e. The summed E-state index contributed by atoms with van der Waals surface area (Å²) in [6, 6.07) is 14.5. The van der Waals surface area contributed by atoms with Gasteiger partial charge in [-0.25, -0.2) is 9.78 Å². The molecule has 0 aliphatic carbocycles. The average molecular weight is 431 g/mol. The van der Waals surface area contributed by atoms with Crippen molar-refractivity contribution in [2.24, 2.45) is 0 Å². The summed E-state index contributed by atoms with van der Waals surface area (Å²) >= 11 is 14.0. The summed E-state index contributed by atoms with van der Waals surface area (Å²) in [4.78, 5) is 17.3. The summed E-state index contributed by atoms with van der Waals surface area (Å²) in [6.07, 6.45) is 1.81. The van der Waals surface area contributed by atoms with Crippen molar-refractivity contribution >= 4 is 45.9 Å². The Labute approximate surface area is 176 Å². The number of hydrogen-bond acceptors (Lipinski definition) is 4. The molecule has 4 nitrogen and oxygen atoms in total. The SMILES string of the molecule is CC(C)Sc1nc(-c2cc3ccccc3oc2=O)cn1-c1ccc(Cl)cc1Cl. The molecule has 0 fully saturated rings. The van der Waals surface area contributed by atoms with Crippen molar-refractivity contribution in [1.82, 2.24) is 9.55 Å². The molecular formula is C21H16Cl2N2O2S. The van der Waals surface area contributed by atoms with Gasteiger partial charge >= 0.3 is 5.63 Å². The second-order valence-electron chi connectivity index (χ2n) is 6.53. The van der Waals surface area contributed by atoms with Crippen LogP contribution in [0.4, 0.5) is 0 Å². The lowest BCUT2D eigenvalue weighted by atomic mass is 10.1. The van der Waals surface area contributed by atoms with Crippen LogP contribution in [0.2, 0.25) is 10.0 Å². The Bertz CT molecular complexity index is 1230. The third-order valence-corrected chi connectivity index (χ3v) is 5.61. The summed E-state index contributed by atoms with van der Waals surface area (Å²) in [5, 5.41) is 2.94. The number of aromatic nitrogens is 2. The quantitative estimate of drug-likeness (QED) is 0.275. The van der Waals surface area contributed by atoms with Gasteiger partial charge < -0.3 is 4.42 Å². The van der Waals surface area contributed by atoms with Gasteiger partial charge in [0.15, 0.2) is 5.16 Å². The Kier molecular flexibility index (Phi) is 5.23. The highest BCUT2D eigenvalue weighted by Crippen LogP contribution is 2.33. The summed E-state index contributed by atoms with van der Waals surface area (Å²) in [7, 11) is 0. The molecule has 142 valence electrons. The molecule has 2 aromatic carbocycles. The number of benzene rings is 2. The first-order valence-corrected chi connectivity index (χ1v) is 10.3. The van der Waals surface area contributed by atoms with E-state index in [1.54, 1.807) is 42.2 Å². The topological polar surface area (TPSA) is 48.0 Å². The highest BCUT2D eigenvalue weighted by Gasteiger charge is 2.18. The van der Waals surface area contributed by atoms with Crippen LogP contribution in [0.25, 0.3) is 27.9 Å². The largest absolute Gasteiger partial charge is 0.422 e. The van der Waals surface area contributed by atoms with Gasteiger partial charge in [-0.05, 0) is 30.3 Å². The fourth-order valence-corrected chi connectivity index (χ4v) is 4.21. The standard InChI is InChI=1S/C21H16Cl2N2O2S/c1-12(2)28-21-24-17(11-25(21)18-8-7-14(22)10-16(18)23)15-9-13-5-3-4-6-19(13)27-20(15)26/h3-12H,1-2H3. The normalized spacial score (nSPS) is 11.5. The first-order chi connectivity index (χ1) is 13.4. The molecule has 2 aromatic heterocycles. The van der Waals surface area contributed by atoms with E-state index in [0.29, 0.717) is 32.1 Å². The molecule has 0 atom stereocenters. The smallest absolute Gasteiger partial charge is 0.345 e. The van der Waals surface area contributed by atoms with E-state index in [9.17, 15) is 4.79 Å². The molecule has 0 aliphatic heterocycles. The third-order valence-electron chi connectivity index (χ3n) is 4.10. The molecule has 0 saturated heterocycles. The molecule has 28 heavy (non-hydrogen) atoms. The van der Waals surface area contributed by atoms with Crippen LogP contribution in [0.1, 0.15) is 13.8 Å². The third kappa shape index (κ3) is 3.70. The van der Waals surface area contributed by atoms with Crippen LogP contribution in [0.5, 0.6) is 0 Å².